The van der Waals surface area contributed by atoms with Crippen molar-refractivity contribution >= 4 is 18.0 Å². The van der Waals surface area contributed by atoms with Crippen molar-refractivity contribution in [3.05, 3.63) is 52.3 Å². The van der Waals surface area contributed by atoms with Crippen molar-refractivity contribution in [3.63, 3.8) is 0 Å². The molecule has 2 amide bonds. The first-order valence-electron chi connectivity index (χ1n) is 8.60. The fraction of sp³-hybridized carbons (Fsp3) is 0.350. The molecule has 0 aliphatic carbocycles. The molecule has 0 saturated carbocycles. The number of aromatic nitrogens is 1. The van der Waals surface area contributed by atoms with Gasteiger partial charge in [-0.1, -0.05) is 6.07 Å². The molecule has 0 saturated heterocycles. The maximum atomic E-state index is 11.7. The highest BCUT2D eigenvalue weighted by molar-refractivity contribution is 6.35. The zero-order chi connectivity index (χ0) is 19.4. The number of carbonyl (C=O) groups excluding carboxylic acids is 2. The van der Waals surface area contributed by atoms with Gasteiger partial charge in [0.2, 0.25) is 0 Å². The van der Waals surface area contributed by atoms with Gasteiger partial charge in [-0.05, 0) is 70.9 Å². The third kappa shape index (κ3) is 4.59. The predicted octanol–water partition coefficient (Wildman–Crippen LogP) is 2.69. The fourth-order valence-electron chi connectivity index (χ4n) is 2.93. The second-order valence-electron chi connectivity index (χ2n) is 6.84. The minimum Gasteiger partial charge on any atom is -0.346 e. The van der Waals surface area contributed by atoms with Gasteiger partial charge in [0.05, 0.1) is 6.21 Å². The van der Waals surface area contributed by atoms with Crippen LogP contribution in [0.5, 0.6) is 0 Å². The zero-order valence-corrected chi connectivity index (χ0v) is 16.2. The molecule has 1 aromatic carbocycles. The maximum Gasteiger partial charge on any atom is 0.329 e. The molecular formula is C20H26N4O2. The molecule has 0 bridgehead atoms. The lowest BCUT2D eigenvalue weighted by atomic mass is 10.1. The number of rotatable bonds is 4. The summed E-state index contributed by atoms with van der Waals surface area (Å²) in [5.74, 6) is -1.48. The first kappa shape index (κ1) is 19.4. The Labute approximate surface area is 154 Å². The molecule has 0 atom stereocenters. The van der Waals surface area contributed by atoms with Crippen molar-refractivity contribution < 1.29 is 9.59 Å². The quantitative estimate of drug-likeness (QED) is 0.503. The van der Waals surface area contributed by atoms with Crippen molar-refractivity contribution in [2.24, 2.45) is 5.10 Å². The number of benzene rings is 1. The van der Waals surface area contributed by atoms with Crippen LogP contribution in [0.4, 0.5) is 0 Å². The first-order valence-corrected chi connectivity index (χ1v) is 8.60. The van der Waals surface area contributed by atoms with E-state index in [0.717, 1.165) is 22.6 Å². The molecule has 138 valence electrons. The molecule has 26 heavy (non-hydrogen) atoms. The van der Waals surface area contributed by atoms with Crippen LogP contribution >= 0.6 is 0 Å². The molecule has 1 aromatic heterocycles. The number of hydrogen-bond acceptors (Lipinski definition) is 3. The van der Waals surface area contributed by atoms with Crippen molar-refractivity contribution in [1.29, 1.82) is 0 Å². The lowest BCUT2D eigenvalue weighted by Gasteiger charge is -2.11. The van der Waals surface area contributed by atoms with Gasteiger partial charge in [-0.2, -0.15) is 5.10 Å². The third-order valence-electron chi connectivity index (χ3n) is 3.93. The van der Waals surface area contributed by atoms with E-state index in [-0.39, 0.29) is 6.04 Å². The fourth-order valence-corrected chi connectivity index (χ4v) is 2.93. The van der Waals surface area contributed by atoms with E-state index in [0.29, 0.717) is 0 Å². The smallest absolute Gasteiger partial charge is 0.329 e. The lowest BCUT2D eigenvalue weighted by molar-refractivity contribution is -0.139. The van der Waals surface area contributed by atoms with E-state index >= 15 is 0 Å². The van der Waals surface area contributed by atoms with E-state index in [9.17, 15) is 9.59 Å². The molecule has 0 spiro atoms. The van der Waals surface area contributed by atoms with Crippen LogP contribution in [0.1, 0.15) is 41.9 Å². The van der Waals surface area contributed by atoms with Gasteiger partial charge in [0.15, 0.2) is 0 Å². The Bertz CT molecular complexity index is 843. The molecule has 2 aromatic rings. The predicted molar refractivity (Wildman–Crippen MR) is 104 cm³/mol. The van der Waals surface area contributed by atoms with Gasteiger partial charge in [-0.3, -0.25) is 9.59 Å². The Kier molecular flexibility index (Phi) is 5.97. The summed E-state index contributed by atoms with van der Waals surface area (Å²) in [5, 5.41) is 6.43. The second kappa shape index (κ2) is 7.99. The van der Waals surface area contributed by atoms with Crippen LogP contribution in [0.2, 0.25) is 0 Å². The van der Waals surface area contributed by atoms with Crippen LogP contribution < -0.4 is 10.7 Å². The first-order chi connectivity index (χ1) is 12.2. The molecule has 0 radical (unpaired) electrons. The number of hydrazone groups is 1. The molecule has 0 unspecified atom stereocenters. The molecule has 6 heteroatoms. The number of amides is 2. The van der Waals surface area contributed by atoms with Crippen molar-refractivity contribution in [3.8, 4) is 5.69 Å². The number of hydrogen-bond donors (Lipinski definition) is 2. The lowest BCUT2D eigenvalue weighted by Crippen LogP contribution is -2.41. The molecule has 2 rings (SSSR count). The van der Waals surface area contributed by atoms with Gasteiger partial charge in [-0.15, -0.1) is 0 Å². The molecule has 0 aliphatic rings. The normalized spacial score (nSPS) is 11.2. The molecule has 6 nitrogen and oxygen atoms in total. The monoisotopic (exact) mass is 354 g/mol. The van der Waals surface area contributed by atoms with E-state index < -0.39 is 11.8 Å². The van der Waals surface area contributed by atoms with Crippen LogP contribution in [0.3, 0.4) is 0 Å². The Balaban J connectivity index is 2.20. The average Bonchev–Trinajstić information content (AvgIpc) is 2.79. The summed E-state index contributed by atoms with van der Waals surface area (Å²) in [6.07, 6.45) is 1.56. The van der Waals surface area contributed by atoms with Crippen LogP contribution in [-0.4, -0.2) is 28.6 Å². The Morgan fingerprint density at radius 1 is 1.00 bits per heavy atom. The summed E-state index contributed by atoms with van der Waals surface area (Å²) >= 11 is 0. The molecular weight excluding hydrogens is 328 g/mol. The standard InChI is InChI=1S/C20H26N4O2/c1-12(2)22-19(25)20(26)23-21-11-17-10-15(5)24(16(17)6)18-8-13(3)7-14(4)9-18/h7-12H,1-6H3,(H,22,25)(H,23,26). The van der Waals surface area contributed by atoms with E-state index in [1.807, 2.05) is 19.9 Å². The van der Waals surface area contributed by atoms with Gasteiger partial charge in [-0.25, -0.2) is 5.43 Å². The highest BCUT2D eigenvalue weighted by Crippen LogP contribution is 2.21. The van der Waals surface area contributed by atoms with Crippen LogP contribution in [0.15, 0.2) is 29.4 Å². The van der Waals surface area contributed by atoms with E-state index in [1.54, 1.807) is 20.1 Å². The Morgan fingerprint density at radius 3 is 2.19 bits per heavy atom. The Morgan fingerprint density at radius 2 is 1.62 bits per heavy atom. The molecule has 2 N–H and O–H groups in total. The second-order valence-corrected chi connectivity index (χ2v) is 6.84. The number of carbonyl (C=O) groups is 2. The minimum absolute atomic E-state index is 0.103. The topological polar surface area (TPSA) is 75.5 Å². The summed E-state index contributed by atoms with van der Waals surface area (Å²) in [6.45, 7) is 11.7. The minimum atomic E-state index is -0.780. The highest BCUT2D eigenvalue weighted by Gasteiger charge is 2.14. The molecule has 1 heterocycles. The molecule has 0 aliphatic heterocycles. The number of nitrogens with zero attached hydrogens (tertiary/aromatic N) is 2. The van der Waals surface area contributed by atoms with Gasteiger partial charge < -0.3 is 9.88 Å². The highest BCUT2D eigenvalue weighted by atomic mass is 16.2. The van der Waals surface area contributed by atoms with Crippen molar-refractivity contribution in [2.75, 3.05) is 0 Å². The average molecular weight is 354 g/mol. The van der Waals surface area contributed by atoms with Gasteiger partial charge in [0.1, 0.15) is 0 Å². The van der Waals surface area contributed by atoms with Crippen molar-refractivity contribution in [2.45, 2.75) is 47.6 Å². The largest absolute Gasteiger partial charge is 0.346 e. The zero-order valence-electron chi connectivity index (χ0n) is 16.2. The van der Waals surface area contributed by atoms with Gasteiger partial charge in [0.25, 0.3) is 0 Å². The van der Waals surface area contributed by atoms with E-state index in [1.165, 1.54) is 11.1 Å². The number of nitrogens with one attached hydrogen (secondary N) is 2. The third-order valence-corrected chi connectivity index (χ3v) is 3.93. The van der Waals surface area contributed by atoms with Gasteiger partial charge >= 0.3 is 11.8 Å². The summed E-state index contributed by atoms with van der Waals surface area (Å²) in [4.78, 5) is 23.2. The maximum absolute atomic E-state index is 11.7. The van der Waals surface area contributed by atoms with Crippen molar-refractivity contribution in [1.82, 2.24) is 15.3 Å². The SMILES string of the molecule is Cc1cc(C)cc(-n2c(C)cc(C=NNC(=O)C(=O)NC(C)C)c2C)c1. The number of aryl methyl sites for hydroxylation is 3. The Hall–Kier alpha value is -2.89. The summed E-state index contributed by atoms with van der Waals surface area (Å²) in [6, 6.07) is 8.29. The van der Waals surface area contributed by atoms with E-state index in [2.05, 4.69) is 52.5 Å². The summed E-state index contributed by atoms with van der Waals surface area (Å²) in [7, 11) is 0. The van der Waals surface area contributed by atoms with Crippen LogP contribution in [0.25, 0.3) is 5.69 Å². The van der Waals surface area contributed by atoms with Crippen LogP contribution in [0, 0.1) is 27.7 Å². The summed E-state index contributed by atoms with van der Waals surface area (Å²) in [5.41, 5.74) is 8.71. The van der Waals surface area contributed by atoms with E-state index in [4.69, 9.17) is 0 Å². The molecule has 0 fully saturated rings. The van der Waals surface area contributed by atoms with Crippen LogP contribution in [-0.2, 0) is 9.59 Å². The van der Waals surface area contributed by atoms with Gasteiger partial charge in [0, 0.05) is 28.7 Å². The summed E-state index contributed by atoms with van der Waals surface area (Å²) < 4.78 is 2.15.